The number of rotatable bonds is 3. The Morgan fingerprint density at radius 1 is 1.23 bits per heavy atom. The molecule has 5 heteroatoms. The average Bonchev–Trinajstić information content (AvgIpc) is 3.20. The van der Waals surface area contributed by atoms with Crippen molar-refractivity contribution in [3.05, 3.63) is 59.6 Å². The quantitative estimate of drug-likeness (QED) is 0.723. The van der Waals surface area contributed by atoms with Gasteiger partial charge in [0.2, 0.25) is 0 Å². The maximum atomic E-state index is 13.4. The van der Waals surface area contributed by atoms with Gasteiger partial charge in [0.15, 0.2) is 5.76 Å². The lowest BCUT2D eigenvalue weighted by atomic mass is 10.1. The van der Waals surface area contributed by atoms with Crippen molar-refractivity contribution in [2.45, 2.75) is 20.3 Å². The van der Waals surface area contributed by atoms with Crippen molar-refractivity contribution >= 4 is 28.3 Å². The molecule has 1 amide bonds. The highest BCUT2D eigenvalue weighted by molar-refractivity contribution is 6.06. The molecule has 1 unspecified atom stereocenters. The average molecular weight is 352 g/mol. The third kappa shape index (κ3) is 3.05. The van der Waals surface area contributed by atoms with Crippen molar-refractivity contribution in [3.63, 3.8) is 0 Å². The smallest absolute Gasteiger partial charge is 0.291 e. The molecule has 26 heavy (non-hydrogen) atoms. The molecule has 1 aliphatic heterocycles. The fraction of sp³-hybridized carbons (Fsp3) is 0.286. The molecule has 4 nitrogen and oxygen atoms in total. The Hall–Kier alpha value is -2.82. The number of carbonyl (C=O) groups excluding carboxylic acids is 1. The molecule has 1 saturated heterocycles. The van der Waals surface area contributed by atoms with Gasteiger partial charge in [-0.3, -0.25) is 4.79 Å². The van der Waals surface area contributed by atoms with E-state index in [4.69, 9.17) is 4.42 Å². The van der Waals surface area contributed by atoms with Crippen LogP contribution in [0.4, 0.5) is 15.8 Å². The van der Waals surface area contributed by atoms with E-state index in [2.05, 4.69) is 17.1 Å². The summed E-state index contributed by atoms with van der Waals surface area (Å²) in [5.41, 5.74) is 3.02. The lowest BCUT2D eigenvalue weighted by molar-refractivity contribution is 0.0998. The second-order valence-corrected chi connectivity index (χ2v) is 7.04. The Bertz CT molecular complexity index is 962. The second-order valence-electron chi connectivity index (χ2n) is 7.04. The van der Waals surface area contributed by atoms with Gasteiger partial charge < -0.3 is 14.6 Å². The van der Waals surface area contributed by atoms with Crippen LogP contribution in [0.3, 0.4) is 0 Å². The van der Waals surface area contributed by atoms with Gasteiger partial charge in [-0.1, -0.05) is 6.92 Å². The number of furan rings is 1. The van der Waals surface area contributed by atoms with Crippen LogP contribution < -0.4 is 10.2 Å². The van der Waals surface area contributed by atoms with Crippen LogP contribution in [0.1, 0.15) is 29.5 Å². The van der Waals surface area contributed by atoms with Crippen molar-refractivity contribution in [2.24, 2.45) is 5.92 Å². The molecule has 1 aliphatic rings. The third-order valence-electron chi connectivity index (χ3n) is 5.02. The van der Waals surface area contributed by atoms with Crippen molar-refractivity contribution in [1.29, 1.82) is 0 Å². The molecule has 1 aromatic heterocycles. The van der Waals surface area contributed by atoms with Gasteiger partial charge in [-0.2, -0.15) is 0 Å². The molecule has 0 radical (unpaired) electrons. The molecular formula is C21H21FN2O2. The minimum absolute atomic E-state index is 0.211. The van der Waals surface area contributed by atoms with Crippen LogP contribution in [0.25, 0.3) is 11.0 Å². The maximum absolute atomic E-state index is 13.4. The standard InChI is InChI=1S/C21H21FN2O2/c1-13-9-10-24(12-13)17-6-4-16(5-7-17)23-21(25)20-14(2)18-11-15(22)3-8-19(18)26-20/h3-8,11,13H,9-10,12H2,1-2H3,(H,23,25). The van der Waals surface area contributed by atoms with Gasteiger partial charge in [0, 0.05) is 35.4 Å². The number of nitrogens with one attached hydrogen (secondary N) is 1. The first-order chi connectivity index (χ1) is 12.5. The van der Waals surface area contributed by atoms with Crippen LogP contribution in [-0.4, -0.2) is 19.0 Å². The minimum Gasteiger partial charge on any atom is -0.451 e. The van der Waals surface area contributed by atoms with E-state index in [-0.39, 0.29) is 17.5 Å². The van der Waals surface area contributed by atoms with Crippen molar-refractivity contribution in [2.75, 3.05) is 23.3 Å². The van der Waals surface area contributed by atoms with E-state index in [1.807, 2.05) is 24.3 Å². The first-order valence-electron chi connectivity index (χ1n) is 8.86. The van der Waals surface area contributed by atoms with Gasteiger partial charge in [-0.15, -0.1) is 0 Å². The summed E-state index contributed by atoms with van der Waals surface area (Å²) in [6.07, 6.45) is 1.21. The van der Waals surface area contributed by atoms with E-state index >= 15 is 0 Å². The molecule has 3 aromatic rings. The highest BCUT2D eigenvalue weighted by atomic mass is 19.1. The van der Waals surface area contributed by atoms with Gasteiger partial charge in [-0.05, 0) is 61.7 Å². The van der Waals surface area contributed by atoms with Crippen LogP contribution in [0.2, 0.25) is 0 Å². The van der Waals surface area contributed by atoms with Crippen LogP contribution in [-0.2, 0) is 0 Å². The molecule has 0 aliphatic carbocycles. The van der Waals surface area contributed by atoms with E-state index in [0.29, 0.717) is 22.2 Å². The summed E-state index contributed by atoms with van der Waals surface area (Å²) in [4.78, 5) is 14.9. The van der Waals surface area contributed by atoms with Gasteiger partial charge in [0.1, 0.15) is 11.4 Å². The van der Waals surface area contributed by atoms with Crippen LogP contribution in [0.5, 0.6) is 0 Å². The number of nitrogens with zero attached hydrogens (tertiary/aromatic N) is 1. The van der Waals surface area contributed by atoms with Gasteiger partial charge in [0.05, 0.1) is 0 Å². The van der Waals surface area contributed by atoms with E-state index in [9.17, 15) is 9.18 Å². The highest BCUT2D eigenvalue weighted by Crippen LogP contribution is 2.28. The number of hydrogen-bond acceptors (Lipinski definition) is 3. The minimum atomic E-state index is -0.347. The number of anilines is 2. The van der Waals surface area contributed by atoms with Gasteiger partial charge >= 0.3 is 0 Å². The van der Waals surface area contributed by atoms with Crippen LogP contribution >= 0.6 is 0 Å². The number of benzene rings is 2. The normalized spacial score (nSPS) is 17.0. The van der Waals surface area contributed by atoms with E-state index < -0.39 is 0 Å². The van der Waals surface area contributed by atoms with Crippen molar-refractivity contribution in [3.8, 4) is 0 Å². The molecular weight excluding hydrogens is 331 g/mol. The zero-order valence-electron chi connectivity index (χ0n) is 14.9. The van der Waals surface area contributed by atoms with Crippen molar-refractivity contribution in [1.82, 2.24) is 0 Å². The Morgan fingerprint density at radius 3 is 2.69 bits per heavy atom. The molecule has 2 heterocycles. The van der Waals surface area contributed by atoms with Crippen LogP contribution in [0, 0.1) is 18.7 Å². The van der Waals surface area contributed by atoms with Gasteiger partial charge in [0.25, 0.3) is 5.91 Å². The zero-order valence-corrected chi connectivity index (χ0v) is 14.9. The lowest BCUT2D eigenvalue weighted by Gasteiger charge is -2.18. The summed E-state index contributed by atoms with van der Waals surface area (Å²) in [7, 11) is 0. The van der Waals surface area contributed by atoms with Crippen molar-refractivity contribution < 1.29 is 13.6 Å². The third-order valence-corrected chi connectivity index (χ3v) is 5.02. The van der Waals surface area contributed by atoms with E-state index in [0.717, 1.165) is 19.0 Å². The number of aryl methyl sites for hydroxylation is 1. The van der Waals surface area contributed by atoms with E-state index in [1.54, 1.807) is 13.0 Å². The summed E-state index contributed by atoms with van der Waals surface area (Å²) in [5.74, 6) is 0.250. The summed E-state index contributed by atoms with van der Waals surface area (Å²) in [6.45, 7) is 6.16. The summed E-state index contributed by atoms with van der Waals surface area (Å²) < 4.78 is 19.0. The molecule has 0 bridgehead atoms. The molecule has 1 atom stereocenters. The first-order valence-corrected chi connectivity index (χ1v) is 8.86. The number of amides is 1. The van der Waals surface area contributed by atoms with E-state index in [1.165, 1.54) is 24.2 Å². The maximum Gasteiger partial charge on any atom is 0.291 e. The zero-order chi connectivity index (χ0) is 18.3. The molecule has 1 N–H and O–H groups in total. The Morgan fingerprint density at radius 2 is 2.00 bits per heavy atom. The summed E-state index contributed by atoms with van der Waals surface area (Å²) >= 11 is 0. The molecule has 0 spiro atoms. The Labute approximate surface area is 151 Å². The molecule has 2 aromatic carbocycles. The predicted octanol–water partition coefficient (Wildman–Crippen LogP) is 4.98. The topological polar surface area (TPSA) is 45.5 Å². The van der Waals surface area contributed by atoms with Gasteiger partial charge in [-0.25, -0.2) is 4.39 Å². The predicted molar refractivity (Wildman–Crippen MR) is 101 cm³/mol. The molecule has 1 fully saturated rings. The molecule has 0 saturated carbocycles. The largest absolute Gasteiger partial charge is 0.451 e. The summed E-state index contributed by atoms with van der Waals surface area (Å²) in [6, 6.07) is 12.1. The second kappa shape index (κ2) is 6.48. The number of hydrogen-bond donors (Lipinski definition) is 1. The fourth-order valence-electron chi connectivity index (χ4n) is 3.52. The molecule has 134 valence electrons. The summed E-state index contributed by atoms with van der Waals surface area (Å²) in [5, 5.41) is 3.48. The highest BCUT2D eigenvalue weighted by Gasteiger charge is 2.20. The number of fused-ring (bicyclic) bond motifs is 1. The lowest BCUT2D eigenvalue weighted by Crippen LogP contribution is -2.19. The SMILES string of the molecule is Cc1c(C(=O)Nc2ccc(N3CCC(C)C3)cc2)oc2ccc(F)cc12. The van der Waals surface area contributed by atoms with Crippen LogP contribution in [0.15, 0.2) is 46.9 Å². The number of halogens is 1. The Kier molecular flexibility index (Phi) is 4.15. The number of carbonyl (C=O) groups is 1. The Balaban J connectivity index is 1.52. The molecule has 4 rings (SSSR count). The monoisotopic (exact) mass is 352 g/mol. The fourth-order valence-corrected chi connectivity index (χ4v) is 3.52. The first kappa shape index (κ1) is 16.6.